The average molecular weight is 377 g/mol. The van der Waals surface area contributed by atoms with Crippen molar-refractivity contribution >= 4 is 0 Å². The normalized spacial score (nSPS) is 17.8. The Hall–Kier alpha value is -2.50. The van der Waals surface area contributed by atoms with Crippen molar-refractivity contribution in [2.45, 2.75) is 32.9 Å². The lowest BCUT2D eigenvalue weighted by Crippen LogP contribution is -2.38. The summed E-state index contributed by atoms with van der Waals surface area (Å²) in [6.07, 6.45) is 4.96. The number of pyridine rings is 1. The van der Waals surface area contributed by atoms with E-state index in [1.165, 1.54) is 22.3 Å². The summed E-state index contributed by atoms with van der Waals surface area (Å²) in [5.74, 6) is 0. The molecule has 1 atom stereocenters. The first-order chi connectivity index (χ1) is 13.6. The Labute approximate surface area is 167 Å². The van der Waals surface area contributed by atoms with Crippen molar-refractivity contribution in [3.8, 4) is 0 Å². The van der Waals surface area contributed by atoms with Crippen LogP contribution in [0.2, 0.25) is 0 Å². The van der Waals surface area contributed by atoms with Crippen molar-refractivity contribution in [2.24, 2.45) is 7.05 Å². The largest absolute Gasteiger partial charge is 0.369 e. The van der Waals surface area contributed by atoms with Crippen LogP contribution in [0, 0.1) is 13.8 Å². The highest BCUT2D eigenvalue weighted by molar-refractivity contribution is 5.33. The van der Waals surface area contributed by atoms with Gasteiger partial charge in [-0.3, -0.25) is 14.6 Å². The van der Waals surface area contributed by atoms with Crippen LogP contribution in [0.5, 0.6) is 0 Å². The number of nitrogens with zero attached hydrogens (tertiary/aromatic N) is 4. The van der Waals surface area contributed by atoms with Crippen LogP contribution in [-0.2, 0) is 24.8 Å². The van der Waals surface area contributed by atoms with E-state index < -0.39 is 0 Å². The highest BCUT2D eigenvalue weighted by Crippen LogP contribution is 2.24. The van der Waals surface area contributed by atoms with Crippen LogP contribution in [0.15, 0.2) is 48.8 Å². The van der Waals surface area contributed by atoms with Crippen LogP contribution < -0.4 is 0 Å². The van der Waals surface area contributed by atoms with Crippen LogP contribution >= 0.6 is 0 Å². The Morgan fingerprint density at radius 1 is 1.14 bits per heavy atom. The first-order valence-corrected chi connectivity index (χ1v) is 9.90. The molecule has 0 bridgehead atoms. The van der Waals surface area contributed by atoms with Crippen molar-refractivity contribution in [3.63, 3.8) is 0 Å². The van der Waals surface area contributed by atoms with Gasteiger partial charge in [-0.15, -0.1) is 0 Å². The number of rotatable bonds is 5. The first kappa shape index (κ1) is 18.8. The first-order valence-electron chi connectivity index (χ1n) is 9.90. The number of benzene rings is 1. The maximum Gasteiger partial charge on any atom is 0.112 e. The van der Waals surface area contributed by atoms with Crippen LogP contribution in [-0.4, -0.2) is 39.4 Å². The van der Waals surface area contributed by atoms with E-state index in [2.05, 4.69) is 66.4 Å². The Morgan fingerprint density at radius 2 is 2.00 bits per heavy atom. The van der Waals surface area contributed by atoms with E-state index in [1.807, 2.05) is 17.9 Å². The summed E-state index contributed by atoms with van der Waals surface area (Å²) in [4.78, 5) is 7.23. The molecule has 5 heteroatoms. The highest BCUT2D eigenvalue weighted by atomic mass is 16.5. The predicted molar refractivity (Wildman–Crippen MR) is 110 cm³/mol. The van der Waals surface area contributed by atoms with E-state index in [4.69, 9.17) is 9.72 Å². The lowest BCUT2D eigenvalue weighted by molar-refractivity contribution is -0.0350. The van der Waals surface area contributed by atoms with Crippen molar-refractivity contribution in [2.75, 3.05) is 19.7 Å². The van der Waals surface area contributed by atoms with Gasteiger partial charge in [0.25, 0.3) is 0 Å². The van der Waals surface area contributed by atoms with E-state index in [1.54, 1.807) is 0 Å². The maximum absolute atomic E-state index is 6.10. The second-order valence-corrected chi connectivity index (χ2v) is 7.76. The third-order valence-corrected chi connectivity index (χ3v) is 5.33. The summed E-state index contributed by atoms with van der Waals surface area (Å²) in [7, 11) is 1.96. The average Bonchev–Trinajstić information content (AvgIpc) is 3.08. The van der Waals surface area contributed by atoms with E-state index >= 15 is 0 Å². The molecule has 0 saturated carbocycles. The Balaban J connectivity index is 1.50. The molecule has 0 amide bonds. The highest BCUT2D eigenvalue weighted by Gasteiger charge is 2.24. The van der Waals surface area contributed by atoms with E-state index in [0.29, 0.717) is 0 Å². The summed E-state index contributed by atoms with van der Waals surface area (Å²) >= 11 is 0. The van der Waals surface area contributed by atoms with Gasteiger partial charge in [-0.1, -0.05) is 24.3 Å². The topological polar surface area (TPSA) is 43.2 Å². The lowest BCUT2D eigenvalue weighted by Gasteiger charge is -2.32. The number of hydrogen-bond acceptors (Lipinski definition) is 4. The zero-order valence-corrected chi connectivity index (χ0v) is 16.9. The molecular weight excluding hydrogens is 348 g/mol. The number of morpholine rings is 1. The van der Waals surface area contributed by atoms with Gasteiger partial charge in [-0.2, -0.15) is 5.10 Å². The summed E-state index contributed by atoms with van der Waals surface area (Å²) in [5, 5.41) is 4.28. The fourth-order valence-electron chi connectivity index (χ4n) is 3.90. The molecule has 0 N–H and O–H groups in total. The van der Waals surface area contributed by atoms with Crippen molar-refractivity contribution in [1.29, 1.82) is 0 Å². The van der Waals surface area contributed by atoms with Gasteiger partial charge >= 0.3 is 0 Å². The SMILES string of the molecule is Cc1cc(Cc2ccccc2C)cc([C@H]2CN(Cc3cnn(C)c3)CCO2)n1. The molecule has 1 aliphatic rings. The molecule has 3 aromatic rings. The molecule has 28 heavy (non-hydrogen) atoms. The second kappa shape index (κ2) is 8.25. The molecule has 2 aromatic heterocycles. The smallest absolute Gasteiger partial charge is 0.112 e. The molecule has 1 aliphatic heterocycles. The fourth-order valence-corrected chi connectivity index (χ4v) is 3.90. The van der Waals surface area contributed by atoms with Crippen LogP contribution in [0.25, 0.3) is 0 Å². The van der Waals surface area contributed by atoms with Gasteiger partial charge in [0.1, 0.15) is 6.10 Å². The fraction of sp³-hybridized carbons (Fsp3) is 0.391. The molecule has 146 valence electrons. The van der Waals surface area contributed by atoms with E-state index in [9.17, 15) is 0 Å². The summed E-state index contributed by atoms with van der Waals surface area (Å²) < 4.78 is 7.95. The van der Waals surface area contributed by atoms with Crippen LogP contribution in [0.1, 0.15) is 39.7 Å². The Morgan fingerprint density at radius 3 is 2.79 bits per heavy atom. The van der Waals surface area contributed by atoms with Gasteiger partial charge in [0.15, 0.2) is 0 Å². The molecule has 3 heterocycles. The lowest BCUT2D eigenvalue weighted by atomic mass is 9.99. The van der Waals surface area contributed by atoms with Crippen molar-refractivity contribution in [1.82, 2.24) is 19.7 Å². The van der Waals surface area contributed by atoms with Gasteiger partial charge in [0.2, 0.25) is 0 Å². The number of ether oxygens (including phenoxy) is 1. The van der Waals surface area contributed by atoms with Gasteiger partial charge < -0.3 is 4.74 Å². The molecule has 1 fully saturated rings. The number of aryl methyl sites for hydroxylation is 3. The van der Waals surface area contributed by atoms with Crippen LogP contribution in [0.4, 0.5) is 0 Å². The molecule has 5 nitrogen and oxygen atoms in total. The van der Waals surface area contributed by atoms with Gasteiger partial charge in [0.05, 0.1) is 18.5 Å². The second-order valence-electron chi connectivity index (χ2n) is 7.76. The van der Waals surface area contributed by atoms with Gasteiger partial charge in [0, 0.05) is 44.1 Å². The minimum atomic E-state index is 0.0148. The molecule has 0 spiro atoms. The maximum atomic E-state index is 6.10. The summed E-state index contributed by atoms with van der Waals surface area (Å²) in [5.41, 5.74) is 7.32. The zero-order valence-electron chi connectivity index (χ0n) is 16.9. The molecule has 4 rings (SSSR count). The van der Waals surface area contributed by atoms with Gasteiger partial charge in [-0.25, -0.2) is 0 Å². The third kappa shape index (κ3) is 4.49. The molecule has 0 unspecified atom stereocenters. The van der Waals surface area contributed by atoms with Crippen LogP contribution in [0.3, 0.4) is 0 Å². The minimum absolute atomic E-state index is 0.0148. The number of aromatic nitrogens is 3. The zero-order chi connectivity index (χ0) is 19.5. The van der Waals surface area contributed by atoms with Crippen molar-refractivity contribution < 1.29 is 4.74 Å². The van der Waals surface area contributed by atoms with Gasteiger partial charge in [-0.05, 0) is 49.1 Å². The third-order valence-electron chi connectivity index (χ3n) is 5.33. The molecular formula is C23H28N4O. The summed E-state index contributed by atoms with van der Waals surface area (Å²) in [6.45, 7) is 7.66. The molecule has 0 aliphatic carbocycles. The standard InChI is InChI=1S/C23H28N4O/c1-17-6-4-5-7-21(17)11-19-10-18(2)25-22(12-19)23-16-27(8-9-28-23)15-20-13-24-26(3)14-20/h4-7,10,12-14,23H,8-9,11,15-16H2,1-3H3/t23-/m1/s1. The number of hydrogen-bond donors (Lipinski definition) is 0. The predicted octanol–water partition coefficient (Wildman–Crippen LogP) is 3.60. The minimum Gasteiger partial charge on any atom is -0.369 e. The van der Waals surface area contributed by atoms with E-state index in [-0.39, 0.29) is 6.10 Å². The summed E-state index contributed by atoms with van der Waals surface area (Å²) in [6, 6.07) is 13.0. The Bertz CT molecular complexity index is 949. The van der Waals surface area contributed by atoms with E-state index in [0.717, 1.165) is 44.0 Å². The Kier molecular flexibility index (Phi) is 5.55. The molecule has 0 radical (unpaired) electrons. The molecule has 1 saturated heterocycles. The quantitative estimate of drug-likeness (QED) is 0.682. The molecule has 1 aromatic carbocycles. The van der Waals surface area contributed by atoms with Crippen molar-refractivity contribution in [3.05, 3.63) is 82.4 Å². The monoisotopic (exact) mass is 376 g/mol.